The number of sulfonamides is 1. The molecule has 2 aromatic rings. The summed E-state index contributed by atoms with van der Waals surface area (Å²) in [6, 6.07) is 12.9. The van der Waals surface area contributed by atoms with Crippen LogP contribution in [0.1, 0.15) is 12.5 Å². The fourth-order valence-corrected chi connectivity index (χ4v) is 5.50. The van der Waals surface area contributed by atoms with Crippen LogP contribution in [0.2, 0.25) is 0 Å². The summed E-state index contributed by atoms with van der Waals surface area (Å²) in [7, 11) is -3.52. The van der Waals surface area contributed by atoms with Gasteiger partial charge in [-0.05, 0) is 36.8 Å². The summed E-state index contributed by atoms with van der Waals surface area (Å²) in [5, 5.41) is 0. The Balaban J connectivity index is 1.23. The van der Waals surface area contributed by atoms with Gasteiger partial charge in [0.2, 0.25) is 16.8 Å². The Morgan fingerprint density at radius 1 is 1.00 bits per heavy atom. The minimum absolute atomic E-state index is 0.0105. The topological polar surface area (TPSA) is 88.6 Å². The predicted octanol–water partition coefficient (Wildman–Crippen LogP) is 1.68. The minimum atomic E-state index is -3.52. The molecule has 0 aliphatic carbocycles. The van der Waals surface area contributed by atoms with Crippen LogP contribution < -0.4 is 18.5 Å². The van der Waals surface area contributed by atoms with Crippen molar-refractivity contribution in [3.05, 3.63) is 48.0 Å². The Bertz CT molecular complexity index is 1150. The second-order valence-corrected chi connectivity index (χ2v) is 10.5. The molecule has 1 fully saturated rings. The monoisotopic (exact) mass is 473 g/mol. The summed E-state index contributed by atoms with van der Waals surface area (Å²) in [6.45, 7) is 5.17. The van der Waals surface area contributed by atoms with Crippen LogP contribution in [0.5, 0.6) is 17.2 Å². The highest BCUT2D eigenvalue weighted by Crippen LogP contribution is 2.36. The molecule has 1 amide bonds. The SMILES string of the molecule is CCS(=O)(=O)N1C[C@H](C(=O)N2CCN(Cc3ccc4c(c3)OCO4)CC2)Oc2ccccc21. The first kappa shape index (κ1) is 21.8. The Morgan fingerprint density at radius 3 is 2.55 bits per heavy atom. The number of nitrogens with zero attached hydrogens (tertiary/aromatic N) is 3. The Labute approximate surface area is 193 Å². The third-order valence-corrected chi connectivity index (χ3v) is 7.98. The maximum absolute atomic E-state index is 13.2. The first-order valence-electron chi connectivity index (χ1n) is 11.1. The van der Waals surface area contributed by atoms with Crippen molar-refractivity contribution in [3.63, 3.8) is 0 Å². The minimum Gasteiger partial charge on any atom is -0.476 e. The third-order valence-electron chi connectivity index (χ3n) is 6.24. The number of carbonyl (C=O) groups is 1. The summed E-state index contributed by atoms with van der Waals surface area (Å²) in [6.07, 6.45) is -0.860. The van der Waals surface area contributed by atoms with E-state index in [1.54, 1.807) is 36.1 Å². The highest BCUT2D eigenvalue weighted by Gasteiger charge is 2.38. The van der Waals surface area contributed by atoms with Crippen LogP contribution in [0.3, 0.4) is 0 Å². The lowest BCUT2D eigenvalue weighted by molar-refractivity contribution is -0.140. The fourth-order valence-electron chi connectivity index (χ4n) is 4.38. The number of hydrogen-bond donors (Lipinski definition) is 0. The van der Waals surface area contributed by atoms with Gasteiger partial charge in [-0.25, -0.2) is 8.42 Å². The molecule has 0 unspecified atom stereocenters. The van der Waals surface area contributed by atoms with Gasteiger partial charge in [0.25, 0.3) is 5.91 Å². The highest BCUT2D eigenvalue weighted by molar-refractivity contribution is 7.92. The number of rotatable bonds is 5. The number of piperazine rings is 1. The molecule has 0 N–H and O–H groups in total. The van der Waals surface area contributed by atoms with E-state index in [-0.39, 0.29) is 25.0 Å². The van der Waals surface area contributed by atoms with Gasteiger partial charge in [-0.1, -0.05) is 18.2 Å². The van der Waals surface area contributed by atoms with Crippen molar-refractivity contribution < 1.29 is 27.4 Å². The van der Waals surface area contributed by atoms with E-state index in [0.29, 0.717) is 24.5 Å². The quantitative estimate of drug-likeness (QED) is 0.653. The van der Waals surface area contributed by atoms with Crippen LogP contribution in [0.4, 0.5) is 5.69 Å². The molecule has 1 atom stereocenters. The Morgan fingerprint density at radius 2 is 1.76 bits per heavy atom. The van der Waals surface area contributed by atoms with Gasteiger partial charge in [0, 0.05) is 32.7 Å². The summed E-state index contributed by atoms with van der Waals surface area (Å²) in [5.74, 6) is 1.73. The van der Waals surface area contributed by atoms with Crippen molar-refractivity contribution in [3.8, 4) is 17.2 Å². The van der Waals surface area contributed by atoms with Crippen molar-refractivity contribution in [1.29, 1.82) is 0 Å². The third kappa shape index (κ3) is 4.32. The number of anilines is 1. The fraction of sp³-hybridized carbons (Fsp3) is 0.435. The second-order valence-electron chi connectivity index (χ2n) is 8.29. The van der Waals surface area contributed by atoms with Crippen LogP contribution in [0, 0.1) is 0 Å². The molecule has 0 saturated carbocycles. The molecule has 33 heavy (non-hydrogen) atoms. The van der Waals surface area contributed by atoms with Crippen molar-refractivity contribution >= 4 is 21.6 Å². The van der Waals surface area contributed by atoms with Crippen LogP contribution in [-0.4, -0.2) is 75.5 Å². The lowest BCUT2D eigenvalue weighted by Crippen LogP contribution is -2.56. The Hall–Kier alpha value is -2.98. The first-order chi connectivity index (χ1) is 15.9. The number of fused-ring (bicyclic) bond motifs is 2. The number of benzene rings is 2. The maximum atomic E-state index is 13.2. The number of hydrogen-bond acceptors (Lipinski definition) is 7. The average molecular weight is 474 g/mol. The molecule has 0 bridgehead atoms. The second kappa shape index (κ2) is 8.75. The van der Waals surface area contributed by atoms with Crippen molar-refractivity contribution in [1.82, 2.24) is 9.80 Å². The number of para-hydroxylation sites is 2. The summed E-state index contributed by atoms with van der Waals surface area (Å²) < 4.78 is 43.4. The maximum Gasteiger partial charge on any atom is 0.265 e. The normalized spacial score (nSPS) is 20.3. The van der Waals surface area contributed by atoms with Crippen molar-refractivity contribution in [2.75, 3.05) is 49.6 Å². The first-order valence-corrected chi connectivity index (χ1v) is 12.7. The van der Waals surface area contributed by atoms with Gasteiger partial charge in [-0.2, -0.15) is 0 Å². The number of amides is 1. The number of ether oxygens (including phenoxy) is 3. The smallest absolute Gasteiger partial charge is 0.265 e. The molecule has 2 aromatic carbocycles. The molecule has 3 aliphatic rings. The van der Waals surface area contributed by atoms with E-state index >= 15 is 0 Å². The van der Waals surface area contributed by atoms with Crippen molar-refractivity contribution in [2.45, 2.75) is 19.6 Å². The molecular weight excluding hydrogens is 446 g/mol. The standard InChI is InChI=1S/C23H27N3O6S/c1-2-33(28,29)26-15-22(32-19-6-4-3-5-18(19)26)23(27)25-11-9-24(10-12-25)14-17-7-8-20-21(13-17)31-16-30-20/h3-8,13,22H,2,9-12,14-16H2,1H3/t22-/m1/s1. The largest absolute Gasteiger partial charge is 0.476 e. The summed E-state index contributed by atoms with van der Waals surface area (Å²) in [4.78, 5) is 17.3. The van der Waals surface area contributed by atoms with Gasteiger partial charge in [-0.3, -0.25) is 14.0 Å². The van der Waals surface area contributed by atoms with E-state index in [1.165, 1.54) is 4.31 Å². The number of carbonyl (C=O) groups excluding carboxylic acids is 1. The van der Waals surface area contributed by atoms with Gasteiger partial charge in [0.05, 0.1) is 18.0 Å². The summed E-state index contributed by atoms with van der Waals surface area (Å²) >= 11 is 0. The van der Waals surface area contributed by atoms with E-state index in [0.717, 1.165) is 36.7 Å². The zero-order valence-corrected chi connectivity index (χ0v) is 19.3. The Kier molecular flexibility index (Phi) is 5.79. The van der Waals surface area contributed by atoms with E-state index in [9.17, 15) is 13.2 Å². The molecule has 9 nitrogen and oxygen atoms in total. The lowest BCUT2D eigenvalue weighted by atomic mass is 10.1. The van der Waals surface area contributed by atoms with Crippen LogP contribution >= 0.6 is 0 Å². The molecule has 3 heterocycles. The molecular formula is C23H27N3O6S. The molecule has 0 aromatic heterocycles. The predicted molar refractivity (Wildman–Crippen MR) is 122 cm³/mol. The molecule has 5 rings (SSSR count). The zero-order valence-electron chi connectivity index (χ0n) is 18.5. The van der Waals surface area contributed by atoms with Crippen molar-refractivity contribution in [2.24, 2.45) is 0 Å². The van der Waals surface area contributed by atoms with Gasteiger partial charge in [-0.15, -0.1) is 0 Å². The zero-order chi connectivity index (χ0) is 23.0. The van der Waals surface area contributed by atoms with Crippen LogP contribution in [0.15, 0.2) is 42.5 Å². The van der Waals surface area contributed by atoms with E-state index < -0.39 is 16.1 Å². The average Bonchev–Trinajstić information content (AvgIpc) is 3.31. The molecule has 3 aliphatic heterocycles. The summed E-state index contributed by atoms with van der Waals surface area (Å²) in [5.41, 5.74) is 1.61. The van der Waals surface area contributed by atoms with Crippen LogP contribution in [0.25, 0.3) is 0 Å². The van der Waals surface area contributed by atoms with Gasteiger partial charge in [0.1, 0.15) is 5.75 Å². The molecule has 176 valence electrons. The van der Waals surface area contributed by atoms with Gasteiger partial charge >= 0.3 is 0 Å². The van der Waals surface area contributed by atoms with E-state index in [1.807, 2.05) is 18.2 Å². The van der Waals surface area contributed by atoms with E-state index in [2.05, 4.69) is 4.90 Å². The van der Waals surface area contributed by atoms with Gasteiger partial charge in [0.15, 0.2) is 17.6 Å². The van der Waals surface area contributed by atoms with Gasteiger partial charge < -0.3 is 19.1 Å². The van der Waals surface area contributed by atoms with E-state index in [4.69, 9.17) is 14.2 Å². The molecule has 1 saturated heterocycles. The van der Waals surface area contributed by atoms with Crippen LogP contribution in [-0.2, 0) is 21.4 Å². The molecule has 0 spiro atoms. The molecule has 0 radical (unpaired) electrons. The molecule has 10 heteroatoms. The lowest BCUT2D eigenvalue weighted by Gasteiger charge is -2.39. The highest BCUT2D eigenvalue weighted by atomic mass is 32.2.